The van der Waals surface area contributed by atoms with E-state index in [0.717, 1.165) is 6.04 Å². The maximum Gasteiger partial charge on any atom is 0.0133 e. The smallest absolute Gasteiger partial charge is 0.0133 e. The van der Waals surface area contributed by atoms with Crippen LogP contribution in [0.3, 0.4) is 0 Å². The maximum absolute atomic E-state index is 3.77. The van der Waals surface area contributed by atoms with Crippen molar-refractivity contribution < 1.29 is 0 Å². The molecule has 2 aromatic carbocycles. The molecular formula is C22H27N. The number of benzene rings is 2. The highest BCUT2D eigenvalue weighted by molar-refractivity contribution is 5.47. The number of rotatable bonds is 4. The highest BCUT2D eigenvalue weighted by atomic mass is 15.1. The lowest BCUT2D eigenvalue weighted by molar-refractivity contribution is 0.309. The molecule has 0 saturated carbocycles. The highest BCUT2D eigenvalue weighted by Gasteiger charge is 2.20. The summed E-state index contributed by atoms with van der Waals surface area (Å²) in [5, 5.41) is 0. The van der Waals surface area contributed by atoms with Crippen LogP contribution < -0.4 is 0 Å². The van der Waals surface area contributed by atoms with Crippen molar-refractivity contribution in [2.75, 3.05) is 13.6 Å². The predicted octanol–water partition coefficient (Wildman–Crippen LogP) is 5.30. The Labute approximate surface area is 141 Å². The van der Waals surface area contributed by atoms with E-state index in [1.165, 1.54) is 42.5 Å². The van der Waals surface area contributed by atoms with Crippen molar-refractivity contribution in [3.8, 4) is 0 Å². The maximum atomic E-state index is 3.77. The third-order valence-electron chi connectivity index (χ3n) is 4.39. The molecule has 0 radical (unpaired) electrons. The van der Waals surface area contributed by atoms with Crippen LogP contribution in [0.2, 0.25) is 0 Å². The van der Waals surface area contributed by atoms with Crippen molar-refractivity contribution in [2.45, 2.75) is 25.3 Å². The second-order valence-corrected chi connectivity index (χ2v) is 6.04. The van der Waals surface area contributed by atoms with E-state index in [-0.39, 0.29) is 0 Å². The van der Waals surface area contributed by atoms with Crippen LogP contribution in [0, 0.1) is 0 Å². The molecule has 1 atom stereocenters. The van der Waals surface area contributed by atoms with Gasteiger partial charge >= 0.3 is 0 Å². The molecule has 2 aromatic rings. The molecule has 0 N–H and O–H groups in total. The Morgan fingerprint density at radius 1 is 0.957 bits per heavy atom. The quantitative estimate of drug-likeness (QED) is 0.741. The Balaban J connectivity index is 0.000000203. The summed E-state index contributed by atoms with van der Waals surface area (Å²) in [6, 6.07) is 19.5. The first kappa shape index (κ1) is 17.2. The molecule has 3 rings (SSSR count). The minimum Gasteiger partial charge on any atom is -0.303 e. The second kappa shape index (κ2) is 9.12. The molecule has 1 saturated heterocycles. The van der Waals surface area contributed by atoms with E-state index in [4.69, 9.17) is 0 Å². The zero-order valence-corrected chi connectivity index (χ0v) is 14.1. The van der Waals surface area contributed by atoms with E-state index in [9.17, 15) is 0 Å². The van der Waals surface area contributed by atoms with Crippen molar-refractivity contribution in [1.82, 2.24) is 4.90 Å². The number of likely N-dealkylation sites (tertiary alicyclic amines) is 1. The summed E-state index contributed by atoms with van der Waals surface area (Å²) in [5.41, 5.74) is 3.82. The largest absolute Gasteiger partial charge is 0.303 e. The predicted molar refractivity (Wildman–Crippen MR) is 102 cm³/mol. The number of hydrogen-bond donors (Lipinski definition) is 0. The van der Waals surface area contributed by atoms with E-state index < -0.39 is 0 Å². The lowest BCUT2D eigenvalue weighted by Gasteiger charge is -2.19. The third-order valence-corrected chi connectivity index (χ3v) is 4.39. The molecule has 23 heavy (non-hydrogen) atoms. The lowest BCUT2D eigenvalue weighted by Crippen LogP contribution is -2.26. The van der Waals surface area contributed by atoms with E-state index >= 15 is 0 Å². The lowest BCUT2D eigenvalue weighted by atomic mass is 10.0. The molecule has 1 unspecified atom stereocenters. The summed E-state index contributed by atoms with van der Waals surface area (Å²) < 4.78 is 0. The average molecular weight is 305 g/mol. The van der Waals surface area contributed by atoms with E-state index in [0.29, 0.717) is 0 Å². The standard InChI is InChI=1S/C14H19N.C8H8/c1-3-12-6-8-13(9-7-12)11-14-5-4-10-15(14)2;1-2-8-6-4-3-5-7-8/h3,6-9,14H,1,4-5,10-11H2,2H3;2-7H,1H2. The van der Waals surface area contributed by atoms with E-state index in [1.54, 1.807) is 0 Å². The summed E-state index contributed by atoms with van der Waals surface area (Å²) in [7, 11) is 2.23. The van der Waals surface area contributed by atoms with Crippen molar-refractivity contribution >= 4 is 12.2 Å². The monoisotopic (exact) mass is 305 g/mol. The first-order valence-electron chi connectivity index (χ1n) is 8.32. The van der Waals surface area contributed by atoms with Crippen LogP contribution in [0.1, 0.15) is 29.5 Å². The fourth-order valence-corrected chi connectivity index (χ4v) is 2.89. The molecule has 1 heterocycles. The molecule has 1 heteroatoms. The zero-order valence-electron chi connectivity index (χ0n) is 14.1. The molecule has 1 aliphatic rings. The van der Waals surface area contributed by atoms with Crippen molar-refractivity contribution in [1.29, 1.82) is 0 Å². The summed E-state index contributed by atoms with van der Waals surface area (Å²) in [4.78, 5) is 2.47. The van der Waals surface area contributed by atoms with Gasteiger partial charge in [0.1, 0.15) is 0 Å². The Bertz CT molecular complexity index is 598. The van der Waals surface area contributed by atoms with E-state index in [1.807, 2.05) is 42.5 Å². The van der Waals surface area contributed by atoms with Crippen molar-refractivity contribution in [3.63, 3.8) is 0 Å². The fraction of sp³-hybridized carbons (Fsp3) is 0.273. The van der Waals surface area contributed by atoms with Crippen LogP contribution in [0.25, 0.3) is 12.2 Å². The molecule has 0 amide bonds. The van der Waals surface area contributed by atoms with Crippen LogP contribution in [0.4, 0.5) is 0 Å². The third kappa shape index (κ3) is 5.54. The highest BCUT2D eigenvalue weighted by Crippen LogP contribution is 2.19. The van der Waals surface area contributed by atoms with E-state index in [2.05, 4.69) is 49.4 Å². The molecular weight excluding hydrogens is 278 g/mol. The normalized spacial score (nSPS) is 17.2. The number of nitrogens with zero attached hydrogens (tertiary/aromatic N) is 1. The molecule has 0 aromatic heterocycles. The van der Waals surface area contributed by atoms with Gasteiger partial charge in [0.15, 0.2) is 0 Å². The Morgan fingerprint density at radius 2 is 1.57 bits per heavy atom. The van der Waals surface area contributed by atoms with Crippen molar-refractivity contribution in [2.24, 2.45) is 0 Å². The average Bonchev–Trinajstić information content (AvgIpc) is 3.02. The van der Waals surface area contributed by atoms with Gasteiger partial charge in [0.2, 0.25) is 0 Å². The number of hydrogen-bond acceptors (Lipinski definition) is 1. The molecule has 1 aliphatic heterocycles. The van der Waals surface area contributed by atoms with Gasteiger partial charge in [0.05, 0.1) is 0 Å². The fourth-order valence-electron chi connectivity index (χ4n) is 2.89. The second-order valence-electron chi connectivity index (χ2n) is 6.04. The summed E-state index contributed by atoms with van der Waals surface area (Å²) in [5.74, 6) is 0. The van der Waals surface area contributed by atoms with Crippen LogP contribution in [0.15, 0.2) is 67.8 Å². The minimum absolute atomic E-state index is 0.750. The summed E-state index contributed by atoms with van der Waals surface area (Å²) >= 11 is 0. The van der Waals surface area contributed by atoms with Gasteiger partial charge in [0, 0.05) is 6.04 Å². The van der Waals surface area contributed by atoms with Crippen LogP contribution in [-0.2, 0) is 6.42 Å². The first-order valence-corrected chi connectivity index (χ1v) is 8.32. The zero-order chi connectivity index (χ0) is 16.5. The van der Waals surface area contributed by atoms with Gasteiger partial charge in [-0.1, -0.05) is 79.9 Å². The summed E-state index contributed by atoms with van der Waals surface area (Å²) in [6.07, 6.45) is 7.62. The molecule has 0 aliphatic carbocycles. The Kier molecular flexibility index (Phi) is 6.83. The SMILES string of the molecule is C=Cc1ccc(CC2CCCN2C)cc1.C=Cc1ccccc1. The van der Waals surface area contributed by atoms with Gasteiger partial charge in [-0.15, -0.1) is 0 Å². The minimum atomic E-state index is 0.750. The molecule has 0 spiro atoms. The Hall–Kier alpha value is -2.12. The van der Waals surface area contributed by atoms with Gasteiger partial charge < -0.3 is 4.90 Å². The van der Waals surface area contributed by atoms with Gasteiger partial charge in [-0.3, -0.25) is 0 Å². The van der Waals surface area contributed by atoms with Gasteiger partial charge in [-0.25, -0.2) is 0 Å². The van der Waals surface area contributed by atoms with Gasteiger partial charge in [-0.05, 0) is 49.5 Å². The molecule has 1 nitrogen and oxygen atoms in total. The van der Waals surface area contributed by atoms with Gasteiger partial charge in [-0.2, -0.15) is 0 Å². The Morgan fingerprint density at radius 3 is 2.04 bits per heavy atom. The first-order chi connectivity index (χ1) is 11.2. The number of likely N-dealkylation sites (N-methyl/N-ethyl adjacent to an activating group) is 1. The van der Waals surface area contributed by atoms with Gasteiger partial charge in [0.25, 0.3) is 0 Å². The molecule has 1 fully saturated rings. The molecule has 120 valence electrons. The van der Waals surface area contributed by atoms with Crippen LogP contribution in [-0.4, -0.2) is 24.5 Å². The van der Waals surface area contributed by atoms with Crippen molar-refractivity contribution in [3.05, 3.63) is 84.4 Å². The molecule has 0 bridgehead atoms. The topological polar surface area (TPSA) is 3.24 Å². The van der Waals surface area contributed by atoms with Crippen LogP contribution >= 0.6 is 0 Å². The summed E-state index contributed by atoms with van der Waals surface area (Å²) in [6.45, 7) is 8.66. The van der Waals surface area contributed by atoms with Crippen LogP contribution in [0.5, 0.6) is 0 Å².